The Bertz CT molecular complexity index is 369. The molecule has 1 saturated heterocycles. The predicted molar refractivity (Wildman–Crippen MR) is 60.3 cm³/mol. The maximum absolute atomic E-state index is 5.97. The summed E-state index contributed by atoms with van der Waals surface area (Å²) in [5.74, 6) is 1.10. The zero-order valence-corrected chi connectivity index (χ0v) is 9.12. The number of benzene rings is 1. The van der Waals surface area contributed by atoms with Crippen molar-refractivity contribution < 1.29 is 4.74 Å². The molecule has 2 heteroatoms. The summed E-state index contributed by atoms with van der Waals surface area (Å²) in [5.41, 5.74) is 1.71. The highest BCUT2D eigenvalue weighted by Crippen LogP contribution is 2.47. The Morgan fingerprint density at radius 3 is 2.80 bits per heavy atom. The van der Waals surface area contributed by atoms with Gasteiger partial charge in [0, 0.05) is 11.0 Å². The van der Waals surface area contributed by atoms with E-state index in [4.69, 9.17) is 4.74 Å². The van der Waals surface area contributed by atoms with Gasteiger partial charge in [0.25, 0.3) is 0 Å². The van der Waals surface area contributed by atoms with E-state index < -0.39 is 0 Å². The largest absolute Gasteiger partial charge is 0.489 e. The average Bonchev–Trinajstić information content (AvgIpc) is 2.55. The summed E-state index contributed by atoms with van der Waals surface area (Å²) in [7, 11) is 0. The first-order valence-corrected chi connectivity index (χ1v) is 5.80. The fourth-order valence-corrected chi connectivity index (χ4v) is 3.05. The van der Waals surface area contributed by atoms with Gasteiger partial charge in [-0.1, -0.05) is 18.2 Å². The zero-order chi connectivity index (χ0) is 10.3. The van der Waals surface area contributed by atoms with Crippen LogP contribution >= 0.6 is 0 Å². The molecule has 1 spiro atoms. The van der Waals surface area contributed by atoms with Crippen molar-refractivity contribution in [2.75, 3.05) is 13.1 Å². The molecule has 80 valence electrons. The molecule has 0 aromatic heterocycles. The van der Waals surface area contributed by atoms with Crippen molar-refractivity contribution >= 4 is 0 Å². The zero-order valence-electron chi connectivity index (χ0n) is 9.12. The molecule has 0 amide bonds. The van der Waals surface area contributed by atoms with Crippen LogP contribution in [0.1, 0.15) is 25.3 Å². The predicted octanol–water partition coefficient (Wildman–Crippen LogP) is 2.09. The van der Waals surface area contributed by atoms with Crippen molar-refractivity contribution in [3.05, 3.63) is 29.8 Å². The number of rotatable bonds is 0. The van der Waals surface area contributed by atoms with Crippen molar-refractivity contribution in [1.29, 1.82) is 0 Å². The second-order valence-electron chi connectivity index (χ2n) is 4.66. The quantitative estimate of drug-likeness (QED) is 0.697. The number of hydrogen-bond donors (Lipinski definition) is 1. The Hall–Kier alpha value is -1.02. The van der Waals surface area contributed by atoms with Gasteiger partial charge in [-0.25, -0.2) is 0 Å². The molecule has 15 heavy (non-hydrogen) atoms. The maximum atomic E-state index is 5.97. The van der Waals surface area contributed by atoms with Gasteiger partial charge < -0.3 is 10.1 Å². The highest BCUT2D eigenvalue weighted by atomic mass is 16.5. The van der Waals surface area contributed by atoms with Gasteiger partial charge in [0.2, 0.25) is 0 Å². The summed E-state index contributed by atoms with van der Waals surface area (Å²) in [6.07, 6.45) is 2.73. The van der Waals surface area contributed by atoms with E-state index in [2.05, 4.69) is 36.5 Å². The summed E-state index contributed by atoms with van der Waals surface area (Å²) < 4.78 is 5.97. The summed E-state index contributed by atoms with van der Waals surface area (Å²) in [6.45, 7) is 4.44. The van der Waals surface area contributed by atoms with Gasteiger partial charge in [0.15, 0.2) is 0 Å². The van der Waals surface area contributed by atoms with E-state index in [1.165, 1.54) is 18.4 Å². The number of hydrogen-bond acceptors (Lipinski definition) is 2. The Balaban J connectivity index is 2.07. The third-order valence-electron chi connectivity index (χ3n) is 4.00. The lowest BCUT2D eigenvalue weighted by atomic mass is 9.71. The maximum Gasteiger partial charge on any atom is 0.123 e. The van der Waals surface area contributed by atoms with Crippen LogP contribution in [0, 0.1) is 0 Å². The highest BCUT2D eigenvalue weighted by Gasteiger charge is 2.46. The first kappa shape index (κ1) is 9.22. The van der Waals surface area contributed by atoms with E-state index in [1.54, 1.807) is 0 Å². The smallest absolute Gasteiger partial charge is 0.123 e. The molecule has 1 unspecified atom stereocenters. The van der Waals surface area contributed by atoms with Crippen LogP contribution in [0.3, 0.4) is 0 Å². The Labute approximate surface area is 90.6 Å². The minimum atomic E-state index is 0.280. The topological polar surface area (TPSA) is 21.3 Å². The molecular formula is C13H17NO. The molecule has 2 heterocycles. The summed E-state index contributed by atoms with van der Waals surface area (Å²) in [5, 5.41) is 3.43. The van der Waals surface area contributed by atoms with Crippen LogP contribution in [-0.4, -0.2) is 19.2 Å². The van der Waals surface area contributed by atoms with E-state index in [0.29, 0.717) is 6.10 Å². The van der Waals surface area contributed by atoms with E-state index in [0.717, 1.165) is 18.8 Å². The van der Waals surface area contributed by atoms with Gasteiger partial charge in [0.1, 0.15) is 11.9 Å². The molecule has 2 nitrogen and oxygen atoms in total. The molecule has 1 N–H and O–H groups in total. The number of piperidine rings is 1. The lowest BCUT2D eigenvalue weighted by Gasteiger charge is -2.36. The first-order valence-electron chi connectivity index (χ1n) is 5.80. The van der Waals surface area contributed by atoms with Crippen molar-refractivity contribution in [2.24, 2.45) is 0 Å². The normalized spacial score (nSPS) is 27.4. The van der Waals surface area contributed by atoms with E-state index in [-0.39, 0.29) is 5.41 Å². The highest BCUT2D eigenvalue weighted by molar-refractivity contribution is 5.45. The van der Waals surface area contributed by atoms with Gasteiger partial charge >= 0.3 is 0 Å². The minimum Gasteiger partial charge on any atom is -0.489 e. The molecule has 2 aliphatic rings. The Morgan fingerprint density at radius 1 is 1.27 bits per heavy atom. The molecule has 2 aliphatic heterocycles. The fourth-order valence-electron chi connectivity index (χ4n) is 3.05. The Morgan fingerprint density at radius 2 is 2.00 bits per heavy atom. The minimum absolute atomic E-state index is 0.280. The molecule has 1 atom stereocenters. The molecule has 1 fully saturated rings. The second kappa shape index (κ2) is 3.24. The number of nitrogens with one attached hydrogen (secondary N) is 1. The van der Waals surface area contributed by atoms with Crippen LogP contribution in [0.15, 0.2) is 24.3 Å². The van der Waals surface area contributed by atoms with Crippen LogP contribution in [-0.2, 0) is 5.41 Å². The van der Waals surface area contributed by atoms with E-state index in [1.807, 2.05) is 0 Å². The van der Waals surface area contributed by atoms with Crippen LogP contribution < -0.4 is 10.1 Å². The van der Waals surface area contributed by atoms with E-state index in [9.17, 15) is 0 Å². The SMILES string of the molecule is CC1Oc2ccccc2C12CCNCC2. The summed E-state index contributed by atoms with van der Waals surface area (Å²) >= 11 is 0. The van der Waals surface area contributed by atoms with Gasteiger partial charge in [-0.15, -0.1) is 0 Å². The Kier molecular flexibility index (Phi) is 1.99. The molecule has 0 radical (unpaired) electrons. The van der Waals surface area contributed by atoms with Crippen molar-refractivity contribution in [3.8, 4) is 5.75 Å². The number of para-hydroxylation sites is 1. The molecule has 3 rings (SSSR count). The lowest BCUT2D eigenvalue weighted by Crippen LogP contribution is -2.45. The summed E-state index contributed by atoms with van der Waals surface area (Å²) in [4.78, 5) is 0. The molecule has 0 aliphatic carbocycles. The first-order chi connectivity index (χ1) is 7.33. The second-order valence-corrected chi connectivity index (χ2v) is 4.66. The number of fused-ring (bicyclic) bond motifs is 2. The molecule has 0 bridgehead atoms. The van der Waals surface area contributed by atoms with Crippen LogP contribution in [0.4, 0.5) is 0 Å². The van der Waals surface area contributed by atoms with Crippen LogP contribution in [0.5, 0.6) is 5.75 Å². The van der Waals surface area contributed by atoms with Crippen molar-refractivity contribution in [1.82, 2.24) is 5.32 Å². The third-order valence-corrected chi connectivity index (χ3v) is 4.00. The van der Waals surface area contributed by atoms with Crippen LogP contribution in [0.25, 0.3) is 0 Å². The monoisotopic (exact) mass is 203 g/mol. The molecular weight excluding hydrogens is 186 g/mol. The molecule has 1 aromatic rings. The van der Waals surface area contributed by atoms with Crippen molar-refractivity contribution in [2.45, 2.75) is 31.3 Å². The fraction of sp³-hybridized carbons (Fsp3) is 0.538. The van der Waals surface area contributed by atoms with E-state index >= 15 is 0 Å². The molecule has 0 saturated carbocycles. The third kappa shape index (κ3) is 1.21. The standard InChI is InChI=1S/C13H17NO/c1-10-13(6-8-14-9-7-13)11-4-2-3-5-12(11)15-10/h2-5,10,14H,6-9H2,1H3. The van der Waals surface area contributed by atoms with Crippen LogP contribution in [0.2, 0.25) is 0 Å². The van der Waals surface area contributed by atoms with Crippen molar-refractivity contribution in [3.63, 3.8) is 0 Å². The average molecular weight is 203 g/mol. The molecule has 1 aromatic carbocycles. The lowest BCUT2D eigenvalue weighted by molar-refractivity contribution is 0.134. The van der Waals surface area contributed by atoms with Gasteiger partial charge in [-0.05, 0) is 38.9 Å². The summed E-state index contributed by atoms with van der Waals surface area (Å²) in [6, 6.07) is 8.53. The van der Waals surface area contributed by atoms with Gasteiger partial charge in [0.05, 0.1) is 0 Å². The van der Waals surface area contributed by atoms with Gasteiger partial charge in [-0.2, -0.15) is 0 Å². The van der Waals surface area contributed by atoms with Gasteiger partial charge in [-0.3, -0.25) is 0 Å². The number of ether oxygens (including phenoxy) is 1.